The molecule has 1 saturated heterocycles. The highest BCUT2D eigenvalue weighted by Gasteiger charge is 2.35. The van der Waals surface area contributed by atoms with Gasteiger partial charge in [0.25, 0.3) is 0 Å². The number of urea groups is 1. The Bertz CT molecular complexity index is 592. The molecule has 2 amide bonds. The molecule has 2 rings (SSSR count). The fraction of sp³-hybridized carbons (Fsp3) is 0.400. The zero-order valence-electron chi connectivity index (χ0n) is 11.8. The number of nitrogens with one attached hydrogen (secondary N) is 1. The molecule has 1 aliphatic rings. The van der Waals surface area contributed by atoms with Crippen molar-refractivity contribution in [1.82, 2.24) is 4.90 Å². The van der Waals surface area contributed by atoms with Crippen molar-refractivity contribution in [2.24, 2.45) is 0 Å². The summed E-state index contributed by atoms with van der Waals surface area (Å²) < 4.78 is -0.356. The van der Waals surface area contributed by atoms with Crippen LogP contribution in [0.1, 0.15) is 18.4 Å². The number of amides is 2. The number of carbonyl (C=O) groups is 1. The number of carbonyl (C=O) groups excluding carboxylic acids is 1. The second-order valence-corrected chi connectivity index (χ2v) is 6.11. The zero-order valence-corrected chi connectivity index (χ0v) is 12.6. The Kier molecular flexibility index (Phi) is 4.72. The first-order chi connectivity index (χ1) is 10.1. The van der Waals surface area contributed by atoms with E-state index in [1.165, 1.54) is 0 Å². The lowest BCUT2D eigenvalue weighted by atomic mass is 9.97. The van der Waals surface area contributed by atoms with Crippen LogP contribution in [0, 0.1) is 22.7 Å². The number of hydrogen-bond donors (Lipinski definition) is 1. The molecular formula is C15H16N4OS. The lowest BCUT2D eigenvalue weighted by Crippen LogP contribution is -2.46. The number of rotatable bonds is 2. The fourth-order valence-corrected chi connectivity index (χ4v) is 2.95. The molecule has 108 valence electrons. The van der Waals surface area contributed by atoms with Crippen LogP contribution in [-0.2, 0) is 0 Å². The summed E-state index contributed by atoms with van der Waals surface area (Å²) in [7, 11) is 0. The van der Waals surface area contributed by atoms with Gasteiger partial charge in [0.1, 0.15) is 4.75 Å². The van der Waals surface area contributed by atoms with Gasteiger partial charge in [-0.25, -0.2) is 4.79 Å². The SMILES string of the molecule is CSC1(C#N)CCN(C(=O)Nc2ccc(C#N)cc2)CC1. The topological polar surface area (TPSA) is 79.9 Å². The number of likely N-dealkylation sites (tertiary alicyclic amines) is 1. The first-order valence-electron chi connectivity index (χ1n) is 6.65. The van der Waals surface area contributed by atoms with Gasteiger partial charge in [0.2, 0.25) is 0 Å². The molecule has 5 nitrogen and oxygen atoms in total. The molecule has 1 aromatic rings. The van der Waals surface area contributed by atoms with Crippen LogP contribution in [0.4, 0.5) is 10.5 Å². The molecule has 0 aliphatic carbocycles. The van der Waals surface area contributed by atoms with Crippen LogP contribution in [0.25, 0.3) is 0 Å². The van der Waals surface area contributed by atoms with E-state index < -0.39 is 0 Å². The molecular weight excluding hydrogens is 284 g/mol. The van der Waals surface area contributed by atoms with Crippen molar-refractivity contribution < 1.29 is 4.79 Å². The predicted molar refractivity (Wildman–Crippen MR) is 82.8 cm³/mol. The van der Waals surface area contributed by atoms with Crippen molar-refractivity contribution in [2.45, 2.75) is 17.6 Å². The van der Waals surface area contributed by atoms with Gasteiger partial charge in [0.05, 0.1) is 17.7 Å². The quantitative estimate of drug-likeness (QED) is 0.910. The second-order valence-electron chi connectivity index (χ2n) is 4.92. The Hall–Kier alpha value is -2.18. The van der Waals surface area contributed by atoms with Crippen LogP contribution < -0.4 is 5.32 Å². The van der Waals surface area contributed by atoms with Gasteiger partial charge in [-0.1, -0.05) is 0 Å². The van der Waals surface area contributed by atoms with E-state index in [9.17, 15) is 10.1 Å². The average Bonchev–Trinajstić information content (AvgIpc) is 2.55. The normalized spacial score (nSPS) is 16.6. The molecule has 1 aliphatic heterocycles. The van der Waals surface area contributed by atoms with Gasteiger partial charge >= 0.3 is 6.03 Å². The molecule has 1 N–H and O–H groups in total. The average molecular weight is 300 g/mol. The highest BCUT2D eigenvalue weighted by Crippen LogP contribution is 2.33. The van der Waals surface area contributed by atoms with Gasteiger partial charge in [0.15, 0.2) is 0 Å². The number of hydrogen-bond acceptors (Lipinski definition) is 4. The molecule has 0 saturated carbocycles. The Morgan fingerprint density at radius 3 is 2.38 bits per heavy atom. The first kappa shape index (κ1) is 15.2. The summed E-state index contributed by atoms with van der Waals surface area (Å²) in [5.41, 5.74) is 1.23. The first-order valence-corrected chi connectivity index (χ1v) is 7.87. The Labute approximate surface area is 128 Å². The van der Waals surface area contributed by atoms with Crippen LogP contribution in [0.5, 0.6) is 0 Å². The number of nitriles is 2. The van der Waals surface area contributed by atoms with E-state index in [0.29, 0.717) is 37.2 Å². The minimum atomic E-state index is -0.356. The molecule has 1 aromatic carbocycles. The smallest absolute Gasteiger partial charge is 0.321 e. The Balaban J connectivity index is 1.93. The van der Waals surface area contributed by atoms with Gasteiger partial charge < -0.3 is 10.2 Å². The standard InChI is InChI=1S/C15H16N4OS/c1-21-15(11-17)6-8-19(9-7-15)14(20)18-13-4-2-12(10-16)3-5-13/h2-5H,6-9H2,1H3,(H,18,20). The lowest BCUT2D eigenvalue weighted by molar-refractivity contribution is 0.196. The molecule has 0 spiro atoms. The summed E-state index contributed by atoms with van der Waals surface area (Å²) >= 11 is 1.56. The van der Waals surface area contributed by atoms with Gasteiger partial charge in [0, 0.05) is 18.8 Å². The summed E-state index contributed by atoms with van der Waals surface area (Å²) in [6.45, 7) is 1.16. The minimum Gasteiger partial charge on any atom is -0.324 e. The predicted octanol–water partition coefficient (Wildman–Crippen LogP) is 2.81. The Morgan fingerprint density at radius 2 is 1.90 bits per heavy atom. The van der Waals surface area contributed by atoms with Crippen molar-refractivity contribution in [3.63, 3.8) is 0 Å². The maximum atomic E-state index is 12.2. The second kappa shape index (κ2) is 6.51. The van der Waals surface area contributed by atoms with Crippen LogP contribution in [0.3, 0.4) is 0 Å². The number of anilines is 1. The molecule has 1 heterocycles. The third-order valence-corrected chi connectivity index (χ3v) is 5.00. The van der Waals surface area contributed by atoms with Gasteiger partial charge in [-0.3, -0.25) is 0 Å². The number of nitrogens with zero attached hydrogens (tertiary/aromatic N) is 3. The van der Waals surface area contributed by atoms with Crippen molar-refractivity contribution in [2.75, 3.05) is 24.7 Å². The van der Waals surface area contributed by atoms with Crippen LogP contribution in [0.2, 0.25) is 0 Å². The summed E-state index contributed by atoms with van der Waals surface area (Å²) in [6, 6.07) is 11.0. The van der Waals surface area contributed by atoms with Crippen molar-refractivity contribution in [1.29, 1.82) is 10.5 Å². The van der Waals surface area contributed by atoms with E-state index in [2.05, 4.69) is 11.4 Å². The Morgan fingerprint density at radius 1 is 1.29 bits per heavy atom. The summed E-state index contributed by atoms with van der Waals surface area (Å²) in [6.07, 6.45) is 3.31. The van der Waals surface area contributed by atoms with E-state index in [4.69, 9.17) is 5.26 Å². The molecule has 0 bridgehead atoms. The van der Waals surface area contributed by atoms with E-state index >= 15 is 0 Å². The summed E-state index contributed by atoms with van der Waals surface area (Å²) in [5, 5.41) is 20.8. The molecule has 21 heavy (non-hydrogen) atoms. The van der Waals surface area contributed by atoms with Crippen LogP contribution in [-0.4, -0.2) is 35.0 Å². The molecule has 0 aromatic heterocycles. The molecule has 0 unspecified atom stereocenters. The highest BCUT2D eigenvalue weighted by atomic mass is 32.2. The third-order valence-electron chi connectivity index (χ3n) is 3.72. The van der Waals surface area contributed by atoms with Gasteiger partial charge in [-0.2, -0.15) is 10.5 Å². The number of benzene rings is 1. The molecule has 0 atom stereocenters. The third kappa shape index (κ3) is 3.48. The highest BCUT2D eigenvalue weighted by molar-refractivity contribution is 8.00. The zero-order chi connectivity index (χ0) is 15.3. The number of thioether (sulfide) groups is 1. The molecule has 6 heteroatoms. The van der Waals surface area contributed by atoms with E-state index in [1.54, 1.807) is 40.9 Å². The molecule has 0 radical (unpaired) electrons. The van der Waals surface area contributed by atoms with Crippen molar-refractivity contribution in [3.8, 4) is 12.1 Å². The van der Waals surface area contributed by atoms with Crippen molar-refractivity contribution >= 4 is 23.5 Å². The molecule has 1 fully saturated rings. The summed E-state index contributed by atoms with van der Waals surface area (Å²) in [5.74, 6) is 0. The lowest BCUT2D eigenvalue weighted by Gasteiger charge is -2.36. The van der Waals surface area contributed by atoms with Crippen molar-refractivity contribution in [3.05, 3.63) is 29.8 Å². The number of piperidine rings is 1. The van der Waals surface area contributed by atoms with Gasteiger partial charge in [-0.15, -0.1) is 11.8 Å². The van der Waals surface area contributed by atoms with Crippen LogP contribution >= 0.6 is 11.8 Å². The largest absolute Gasteiger partial charge is 0.324 e. The fourth-order valence-electron chi connectivity index (χ4n) is 2.26. The van der Waals surface area contributed by atoms with Gasteiger partial charge in [-0.05, 0) is 43.4 Å². The monoisotopic (exact) mass is 300 g/mol. The van der Waals surface area contributed by atoms with Crippen LogP contribution in [0.15, 0.2) is 24.3 Å². The maximum absolute atomic E-state index is 12.2. The summed E-state index contributed by atoms with van der Waals surface area (Å²) in [4.78, 5) is 13.9. The van der Waals surface area contributed by atoms with E-state index in [-0.39, 0.29) is 10.8 Å². The maximum Gasteiger partial charge on any atom is 0.321 e. The van der Waals surface area contributed by atoms with E-state index in [1.807, 2.05) is 12.3 Å². The van der Waals surface area contributed by atoms with E-state index in [0.717, 1.165) is 0 Å². The minimum absolute atomic E-state index is 0.160.